The van der Waals surface area contributed by atoms with E-state index in [4.69, 9.17) is 5.73 Å². The number of nitrogens with one attached hydrogen (secondary N) is 1. The minimum atomic E-state index is 0.749. The Bertz CT molecular complexity index is 350. The zero-order valence-corrected chi connectivity index (χ0v) is 5.41. The number of hydrogen-bond donors (Lipinski definition) is 2. The minimum absolute atomic E-state index is 0.749. The van der Waals surface area contributed by atoms with Crippen LogP contribution in [-0.2, 0) is 0 Å². The highest BCUT2D eigenvalue weighted by Crippen LogP contribution is 1.96. The third-order valence-electron chi connectivity index (χ3n) is 1.51. The number of aromatic nitrogens is 2. The Morgan fingerprint density at radius 1 is 1.40 bits per heavy atom. The number of imidazole rings is 1. The molecule has 0 aliphatic heterocycles. The summed E-state index contributed by atoms with van der Waals surface area (Å²) in [7, 11) is 0. The molecule has 0 amide bonds. The molecular weight excluding hydrogens is 126 g/mol. The van der Waals surface area contributed by atoms with Crippen LogP contribution < -0.4 is 10.1 Å². The summed E-state index contributed by atoms with van der Waals surface area (Å²) in [5.74, 6) is 0.749. The predicted molar refractivity (Wildman–Crippen MR) is 38.4 cm³/mol. The van der Waals surface area contributed by atoms with Crippen molar-refractivity contribution in [2.24, 2.45) is 0 Å². The average molecular weight is 134 g/mol. The lowest BCUT2D eigenvalue weighted by atomic mass is 10.4. The van der Waals surface area contributed by atoms with Crippen molar-refractivity contribution >= 4 is 11.5 Å². The zero-order chi connectivity index (χ0) is 6.97. The molecule has 0 saturated heterocycles. The number of aromatic amines is 1. The molecule has 0 aliphatic carbocycles. The van der Waals surface area contributed by atoms with Crippen LogP contribution in [0.25, 0.3) is 5.65 Å². The second kappa shape index (κ2) is 1.73. The van der Waals surface area contributed by atoms with Crippen molar-refractivity contribution in [1.29, 1.82) is 0 Å². The highest BCUT2D eigenvalue weighted by molar-refractivity contribution is 5.34. The summed E-state index contributed by atoms with van der Waals surface area (Å²) in [6.07, 6.45) is 3.75. The molecule has 2 aromatic rings. The van der Waals surface area contributed by atoms with Gasteiger partial charge in [-0.25, -0.2) is 4.40 Å². The van der Waals surface area contributed by atoms with Gasteiger partial charge in [-0.2, -0.15) is 0 Å². The molecule has 0 atom stereocenters. The van der Waals surface area contributed by atoms with Crippen LogP contribution in [0.3, 0.4) is 0 Å². The smallest absolute Gasteiger partial charge is 0.230 e. The molecule has 50 valence electrons. The summed E-state index contributed by atoms with van der Waals surface area (Å²) in [5.41, 5.74) is 6.66. The summed E-state index contributed by atoms with van der Waals surface area (Å²) in [6.45, 7) is 0. The van der Waals surface area contributed by atoms with Gasteiger partial charge in [-0.05, 0) is 6.07 Å². The third kappa shape index (κ3) is 0.572. The van der Waals surface area contributed by atoms with Crippen LogP contribution in [0.2, 0.25) is 0 Å². The van der Waals surface area contributed by atoms with Gasteiger partial charge in [0.25, 0.3) is 0 Å². The van der Waals surface area contributed by atoms with E-state index < -0.39 is 0 Å². The number of H-pyrrole nitrogens is 1. The van der Waals surface area contributed by atoms with Crippen molar-refractivity contribution in [3.8, 4) is 0 Å². The quantitative estimate of drug-likeness (QED) is 0.501. The Balaban J connectivity index is 2.95. The van der Waals surface area contributed by atoms with Gasteiger partial charge < -0.3 is 5.73 Å². The second-order valence-electron chi connectivity index (χ2n) is 2.17. The SMILES string of the molecule is Nc1cccc2[nH]cc[n+]12. The molecular formula is C7H8N3+. The topological polar surface area (TPSA) is 45.9 Å². The largest absolute Gasteiger partial charge is 0.318 e. The van der Waals surface area contributed by atoms with Gasteiger partial charge >= 0.3 is 0 Å². The van der Waals surface area contributed by atoms with Crippen LogP contribution in [0, 0.1) is 0 Å². The van der Waals surface area contributed by atoms with Crippen LogP contribution in [0.1, 0.15) is 0 Å². The maximum absolute atomic E-state index is 5.64. The summed E-state index contributed by atoms with van der Waals surface area (Å²) in [6, 6.07) is 5.75. The number of hydrogen-bond acceptors (Lipinski definition) is 1. The lowest BCUT2D eigenvalue weighted by molar-refractivity contribution is -0.493. The molecule has 0 fully saturated rings. The molecule has 10 heavy (non-hydrogen) atoms. The maximum Gasteiger partial charge on any atom is 0.230 e. The van der Waals surface area contributed by atoms with Crippen LogP contribution in [0.15, 0.2) is 30.6 Å². The highest BCUT2D eigenvalue weighted by Gasteiger charge is 1.99. The molecule has 0 aromatic carbocycles. The first-order valence-corrected chi connectivity index (χ1v) is 3.11. The molecule has 3 N–H and O–H groups in total. The van der Waals surface area contributed by atoms with E-state index in [1.54, 1.807) is 0 Å². The lowest BCUT2D eigenvalue weighted by Gasteiger charge is -1.88. The fourth-order valence-electron chi connectivity index (χ4n) is 1.02. The summed E-state index contributed by atoms with van der Waals surface area (Å²) >= 11 is 0. The summed E-state index contributed by atoms with van der Waals surface area (Å²) < 4.78 is 1.89. The number of nitrogens with zero attached hydrogens (tertiary/aromatic N) is 1. The second-order valence-corrected chi connectivity index (χ2v) is 2.17. The molecule has 2 rings (SSSR count). The maximum atomic E-state index is 5.64. The van der Waals surface area contributed by atoms with Crippen molar-refractivity contribution in [3.63, 3.8) is 0 Å². The van der Waals surface area contributed by atoms with Gasteiger partial charge in [-0.1, -0.05) is 0 Å². The number of nitrogens with two attached hydrogens (primary N) is 1. The van der Waals surface area contributed by atoms with Gasteiger partial charge in [0.05, 0.1) is 6.20 Å². The van der Waals surface area contributed by atoms with Crippen molar-refractivity contribution < 1.29 is 4.40 Å². The molecule has 2 heterocycles. The van der Waals surface area contributed by atoms with Crippen LogP contribution >= 0.6 is 0 Å². The average Bonchev–Trinajstić information content (AvgIpc) is 2.36. The number of pyridine rings is 1. The van der Waals surface area contributed by atoms with Gasteiger partial charge in [0.2, 0.25) is 11.5 Å². The van der Waals surface area contributed by atoms with Crippen molar-refractivity contribution in [2.75, 3.05) is 5.73 Å². The van der Waals surface area contributed by atoms with Crippen LogP contribution in [-0.4, -0.2) is 4.98 Å². The Morgan fingerprint density at radius 3 is 3.10 bits per heavy atom. The van der Waals surface area contributed by atoms with E-state index in [9.17, 15) is 0 Å². The molecule has 0 saturated carbocycles. The zero-order valence-electron chi connectivity index (χ0n) is 5.41. The first-order chi connectivity index (χ1) is 4.88. The minimum Gasteiger partial charge on any atom is -0.318 e. The van der Waals surface area contributed by atoms with Crippen molar-refractivity contribution in [1.82, 2.24) is 4.98 Å². The first kappa shape index (κ1) is 5.29. The monoisotopic (exact) mass is 134 g/mol. The Labute approximate surface area is 58.1 Å². The molecule has 0 unspecified atom stereocenters. The summed E-state index contributed by atoms with van der Waals surface area (Å²) in [4.78, 5) is 3.04. The number of rotatable bonds is 0. The van der Waals surface area contributed by atoms with E-state index in [0.29, 0.717) is 0 Å². The molecule has 3 heteroatoms. The van der Waals surface area contributed by atoms with Gasteiger partial charge in [0.1, 0.15) is 6.20 Å². The highest BCUT2D eigenvalue weighted by atomic mass is 15.0. The Kier molecular flexibility index (Phi) is 0.917. The van der Waals surface area contributed by atoms with Gasteiger partial charge in [0.15, 0.2) is 0 Å². The molecule has 2 aromatic heterocycles. The van der Waals surface area contributed by atoms with E-state index in [1.807, 2.05) is 35.0 Å². The predicted octanol–water partition coefficient (Wildman–Crippen LogP) is 0.336. The van der Waals surface area contributed by atoms with Crippen LogP contribution in [0.5, 0.6) is 0 Å². The van der Waals surface area contributed by atoms with Gasteiger partial charge in [-0.15, -0.1) is 0 Å². The molecule has 0 radical (unpaired) electrons. The van der Waals surface area contributed by atoms with Crippen molar-refractivity contribution in [2.45, 2.75) is 0 Å². The normalized spacial score (nSPS) is 10.4. The van der Waals surface area contributed by atoms with Gasteiger partial charge in [-0.3, -0.25) is 4.98 Å². The number of anilines is 1. The van der Waals surface area contributed by atoms with E-state index >= 15 is 0 Å². The van der Waals surface area contributed by atoms with Crippen LogP contribution in [0.4, 0.5) is 5.82 Å². The fraction of sp³-hybridized carbons (Fsp3) is 0. The Hall–Kier alpha value is -1.51. The molecule has 0 aliphatic rings. The lowest BCUT2D eigenvalue weighted by Crippen LogP contribution is -2.22. The van der Waals surface area contributed by atoms with E-state index in [-0.39, 0.29) is 0 Å². The molecule has 0 bridgehead atoms. The number of nitrogen functional groups attached to an aromatic ring is 1. The number of fused-ring (bicyclic) bond motifs is 1. The van der Waals surface area contributed by atoms with E-state index in [2.05, 4.69) is 4.98 Å². The van der Waals surface area contributed by atoms with Gasteiger partial charge in [0, 0.05) is 12.1 Å². The standard InChI is InChI=1S/C7H7N3/c8-6-2-1-3-7-9-4-5-10(6)7/h1-5H,(H2,8,9)/p+1. The molecule has 0 spiro atoms. The molecule has 3 nitrogen and oxygen atoms in total. The first-order valence-electron chi connectivity index (χ1n) is 3.11. The Morgan fingerprint density at radius 2 is 2.30 bits per heavy atom. The fourth-order valence-corrected chi connectivity index (χ4v) is 1.02. The van der Waals surface area contributed by atoms with Crippen molar-refractivity contribution in [3.05, 3.63) is 30.6 Å². The third-order valence-corrected chi connectivity index (χ3v) is 1.51. The van der Waals surface area contributed by atoms with E-state index in [1.165, 1.54) is 0 Å². The summed E-state index contributed by atoms with van der Waals surface area (Å²) in [5, 5.41) is 0. The van der Waals surface area contributed by atoms with E-state index in [0.717, 1.165) is 11.5 Å².